The maximum atomic E-state index is 11.7. The number of nitrogens with two attached hydrogens (primary N) is 1. The van der Waals surface area contributed by atoms with Crippen LogP contribution >= 0.6 is 22.6 Å². The summed E-state index contributed by atoms with van der Waals surface area (Å²) in [5, 5.41) is 10.9. The summed E-state index contributed by atoms with van der Waals surface area (Å²) in [5.41, 5.74) is 5.17. The first-order chi connectivity index (χ1) is 10.8. The number of nitrogens with zero attached hydrogens (tertiary/aromatic N) is 1. The van der Waals surface area contributed by atoms with E-state index in [0.29, 0.717) is 17.1 Å². The molecule has 0 aromatic heterocycles. The molecule has 0 heterocycles. The largest absolute Gasteiger partial charge is 0.493 e. The minimum Gasteiger partial charge on any atom is -0.493 e. The lowest BCUT2D eigenvalue weighted by Crippen LogP contribution is -2.35. The third kappa shape index (κ3) is 5.45. The summed E-state index contributed by atoms with van der Waals surface area (Å²) in [6, 6.07) is 4.07. The number of rotatable bonds is 5. The van der Waals surface area contributed by atoms with Crippen molar-refractivity contribution in [2.75, 3.05) is 7.11 Å². The molecule has 0 aliphatic carbocycles. The van der Waals surface area contributed by atoms with Gasteiger partial charge in [-0.1, -0.05) is 0 Å². The Balaban J connectivity index is 3.25. The molecule has 0 saturated heterocycles. The first-order valence-corrected chi connectivity index (χ1v) is 7.63. The van der Waals surface area contributed by atoms with E-state index in [1.165, 1.54) is 13.2 Å². The Morgan fingerprint density at radius 2 is 2.09 bits per heavy atom. The van der Waals surface area contributed by atoms with E-state index in [2.05, 4.69) is 22.6 Å². The second-order valence-corrected chi connectivity index (χ2v) is 5.85. The monoisotopic (exact) mass is 429 g/mol. The van der Waals surface area contributed by atoms with Gasteiger partial charge in [0, 0.05) is 0 Å². The molecule has 7 nitrogen and oxygen atoms in total. The highest BCUT2D eigenvalue weighted by molar-refractivity contribution is 14.1. The highest BCUT2D eigenvalue weighted by Gasteiger charge is 2.15. The number of amides is 3. The second-order valence-electron chi connectivity index (χ2n) is 4.69. The zero-order valence-corrected chi connectivity index (χ0v) is 15.0. The van der Waals surface area contributed by atoms with Gasteiger partial charge in [0.05, 0.1) is 16.8 Å². The van der Waals surface area contributed by atoms with Gasteiger partial charge in [-0.05, 0) is 60.2 Å². The average Bonchev–Trinajstić information content (AvgIpc) is 2.45. The number of urea groups is 1. The topological polar surface area (TPSA) is 114 Å². The lowest BCUT2D eigenvalue weighted by molar-refractivity contribution is -0.115. The number of carbonyl (C=O) groups excluding carboxylic acids is 2. The summed E-state index contributed by atoms with van der Waals surface area (Å²) >= 11 is 2.07. The standard InChI is InChI=1S/C15H16IN3O4/c1-8(2)23-13-11(16)5-9(6-12(13)22-3)4-10(7-17)14(20)19-15(18)21/h4-6,8H,1-3H3,(H3,18,19,20,21)/b10-4-. The molecular formula is C15H16IN3O4. The predicted molar refractivity (Wildman–Crippen MR) is 92.8 cm³/mol. The zero-order valence-electron chi connectivity index (χ0n) is 12.8. The van der Waals surface area contributed by atoms with E-state index >= 15 is 0 Å². The van der Waals surface area contributed by atoms with E-state index in [1.54, 1.807) is 18.2 Å². The number of carbonyl (C=O) groups is 2. The van der Waals surface area contributed by atoms with Crippen LogP contribution in [-0.4, -0.2) is 25.2 Å². The maximum Gasteiger partial charge on any atom is 0.319 e. The Morgan fingerprint density at radius 1 is 1.43 bits per heavy atom. The molecule has 0 bridgehead atoms. The van der Waals surface area contributed by atoms with Crippen LogP contribution < -0.4 is 20.5 Å². The molecule has 0 atom stereocenters. The number of nitrogens with one attached hydrogen (secondary N) is 1. The van der Waals surface area contributed by atoms with Crippen LogP contribution in [0.1, 0.15) is 19.4 Å². The summed E-state index contributed by atoms with van der Waals surface area (Å²) < 4.78 is 11.7. The summed E-state index contributed by atoms with van der Waals surface area (Å²) in [5.74, 6) is 0.196. The summed E-state index contributed by atoms with van der Waals surface area (Å²) in [7, 11) is 1.50. The predicted octanol–water partition coefficient (Wildman–Crippen LogP) is 2.19. The van der Waals surface area contributed by atoms with Crippen molar-refractivity contribution in [1.82, 2.24) is 5.32 Å². The highest BCUT2D eigenvalue weighted by Crippen LogP contribution is 2.35. The van der Waals surface area contributed by atoms with Crippen molar-refractivity contribution in [3.63, 3.8) is 0 Å². The van der Waals surface area contributed by atoms with E-state index in [9.17, 15) is 9.59 Å². The van der Waals surface area contributed by atoms with Gasteiger partial charge in [0.1, 0.15) is 11.6 Å². The molecule has 0 spiro atoms. The molecule has 3 amide bonds. The normalized spacial score (nSPS) is 10.9. The van der Waals surface area contributed by atoms with Crippen molar-refractivity contribution in [3.05, 3.63) is 26.8 Å². The highest BCUT2D eigenvalue weighted by atomic mass is 127. The number of hydrogen-bond donors (Lipinski definition) is 2. The smallest absolute Gasteiger partial charge is 0.319 e. The quantitative estimate of drug-likeness (QED) is 0.423. The molecule has 0 aliphatic rings. The number of nitriles is 1. The van der Waals surface area contributed by atoms with E-state index in [4.69, 9.17) is 20.5 Å². The molecule has 0 aliphatic heterocycles. The van der Waals surface area contributed by atoms with Gasteiger partial charge in [-0.15, -0.1) is 0 Å². The summed E-state index contributed by atoms with van der Waals surface area (Å²) in [6.07, 6.45) is 1.30. The van der Waals surface area contributed by atoms with Crippen LogP contribution in [0.15, 0.2) is 17.7 Å². The molecule has 3 N–H and O–H groups in total. The number of halogens is 1. The third-order valence-corrected chi connectivity index (χ3v) is 3.32. The maximum absolute atomic E-state index is 11.7. The fourth-order valence-corrected chi connectivity index (χ4v) is 2.42. The first kappa shape index (κ1) is 18.8. The zero-order chi connectivity index (χ0) is 17.6. The minimum atomic E-state index is -1.02. The van der Waals surface area contributed by atoms with Crippen molar-refractivity contribution in [2.24, 2.45) is 5.73 Å². The van der Waals surface area contributed by atoms with E-state index in [0.717, 1.165) is 3.57 Å². The molecule has 122 valence electrons. The van der Waals surface area contributed by atoms with E-state index < -0.39 is 11.9 Å². The molecule has 1 aromatic carbocycles. The number of methoxy groups -OCH3 is 1. The van der Waals surface area contributed by atoms with Gasteiger partial charge in [-0.3, -0.25) is 10.1 Å². The number of ether oxygens (including phenoxy) is 2. The van der Waals surface area contributed by atoms with E-state index in [1.807, 2.05) is 19.2 Å². The fourth-order valence-electron chi connectivity index (χ4n) is 1.67. The van der Waals surface area contributed by atoms with Crippen LogP contribution in [0.2, 0.25) is 0 Å². The van der Waals surface area contributed by atoms with Crippen LogP contribution in [0, 0.1) is 14.9 Å². The van der Waals surface area contributed by atoms with Crippen molar-refractivity contribution in [1.29, 1.82) is 5.26 Å². The van der Waals surface area contributed by atoms with Gasteiger partial charge in [-0.2, -0.15) is 5.26 Å². The van der Waals surface area contributed by atoms with Crippen LogP contribution in [0.3, 0.4) is 0 Å². The Labute approximate surface area is 147 Å². The van der Waals surface area contributed by atoms with Crippen molar-refractivity contribution in [3.8, 4) is 17.6 Å². The van der Waals surface area contributed by atoms with Crippen LogP contribution in [0.25, 0.3) is 6.08 Å². The van der Waals surface area contributed by atoms with Gasteiger partial charge in [0.25, 0.3) is 5.91 Å². The van der Waals surface area contributed by atoms with Gasteiger partial charge in [0.15, 0.2) is 11.5 Å². The molecule has 1 aromatic rings. The molecule has 23 heavy (non-hydrogen) atoms. The molecular weight excluding hydrogens is 413 g/mol. The summed E-state index contributed by atoms with van der Waals surface area (Å²) in [4.78, 5) is 22.4. The molecule has 1 rings (SSSR count). The van der Waals surface area contributed by atoms with Crippen molar-refractivity contribution < 1.29 is 19.1 Å². The first-order valence-electron chi connectivity index (χ1n) is 6.55. The van der Waals surface area contributed by atoms with Gasteiger partial charge in [-0.25, -0.2) is 4.79 Å². The Bertz CT molecular complexity index is 693. The average molecular weight is 429 g/mol. The number of hydrogen-bond acceptors (Lipinski definition) is 5. The number of primary amides is 1. The molecule has 8 heteroatoms. The Morgan fingerprint density at radius 3 is 2.57 bits per heavy atom. The number of imide groups is 1. The molecule has 0 radical (unpaired) electrons. The summed E-state index contributed by atoms with van der Waals surface area (Å²) in [6.45, 7) is 3.79. The SMILES string of the molecule is COc1cc(/C=C(/C#N)C(=O)NC(N)=O)cc(I)c1OC(C)C. The van der Waals surface area contributed by atoms with Gasteiger partial charge < -0.3 is 15.2 Å². The molecule has 0 unspecified atom stereocenters. The molecule has 0 fully saturated rings. The molecule has 0 saturated carbocycles. The van der Waals surface area contributed by atoms with Crippen LogP contribution in [0.4, 0.5) is 4.79 Å². The lowest BCUT2D eigenvalue weighted by atomic mass is 10.1. The minimum absolute atomic E-state index is 0.0326. The van der Waals surface area contributed by atoms with Crippen LogP contribution in [0.5, 0.6) is 11.5 Å². The van der Waals surface area contributed by atoms with Crippen LogP contribution in [-0.2, 0) is 4.79 Å². The second kappa shape index (κ2) is 8.38. The van der Waals surface area contributed by atoms with Crippen molar-refractivity contribution in [2.45, 2.75) is 20.0 Å². The number of benzene rings is 1. The van der Waals surface area contributed by atoms with Crippen molar-refractivity contribution >= 4 is 40.6 Å². The van der Waals surface area contributed by atoms with E-state index in [-0.39, 0.29) is 11.7 Å². The Kier molecular flexibility index (Phi) is 6.84. The lowest BCUT2D eigenvalue weighted by Gasteiger charge is -2.16. The fraction of sp³-hybridized carbons (Fsp3) is 0.267. The third-order valence-electron chi connectivity index (χ3n) is 2.52. The Hall–Kier alpha value is -2.28. The van der Waals surface area contributed by atoms with Gasteiger partial charge in [0.2, 0.25) is 0 Å². The van der Waals surface area contributed by atoms with Gasteiger partial charge >= 0.3 is 6.03 Å².